The molecule has 10 heteroatoms. The van der Waals surface area contributed by atoms with Crippen LogP contribution in [-0.2, 0) is 16.4 Å². The molecule has 0 spiro atoms. The first-order valence-corrected chi connectivity index (χ1v) is 12.3. The Morgan fingerprint density at radius 2 is 1.79 bits per heavy atom. The molecule has 0 atom stereocenters. The Labute approximate surface area is 199 Å². The van der Waals surface area contributed by atoms with Crippen molar-refractivity contribution in [3.63, 3.8) is 0 Å². The fraction of sp³-hybridized carbons (Fsp3) is 0.167. The zero-order chi connectivity index (χ0) is 24.6. The van der Waals surface area contributed by atoms with Gasteiger partial charge in [-0.2, -0.15) is 0 Å². The van der Waals surface area contributed by atoms with Crippen LogP contribution in [0.3, 0.4) is 0 Å². The maximum absolute atomic E-state index is 15.1. The van der Waals surface area contributed by atoms with E-state index in [0.29, 0.717) is 27.9 Å². The van der Waals surface area contributed by atoms with E-state index in [-0.39, 0.29) is 24.2 Å². The van der Waals surface area contributed by atoms with E-state index in [1.807, 2.05) is 4.72 Å². The summed E-state index contributed by atoms with van der Waals surface area (Å²) in [6.07, 6.45) is 3.52. The van der Waals surface area contributed by atoms with Crippen molar-refractivity contribution in [3.05, 3.63) is 88.0 Å². The number of halogens is 4. The maximum atomic E-state index is 15.1. The lowest BCUT2D eigenvalue weighted by Gasteiger charge is -2.13. The molecular weight excluding hydrogens is 489 g/mol. The van der Waals surface area contributed by atoms with E-state index in [2.05, 4.69) is 4.98 Å². The minimum atomic E-state index is -4.01. The molecule has 0 fully saturated rings. The van der Waals surface area contributed by atoms with Gasteiger partial charge in [0.15, 0.2) is 23.2 Å². The molecule has 176 valence electrons. The zero-order valence-corrected chi connectivity index (χ0v) is 19.4. The molecule has 2 aromatic carbocycles. The molecule has 1 aliphatic rings. The summed E-state index contributed by atoms with van der Waals surface area (Å²) in [5.74, 6) is -6.20. The number of nitrogens with zero attached hydrogens (tertiary/aromatic N) is 1. The Kier molecular flexibility index (Phi) is 6.51. The van der Waals surface area contributed by atoms with E-state index in [4.69, 9.17) is 11.6 Å². The monoisotopic (exact) mass is 506 g/mol. The van der Waals surface area contributed by atoms with Gasteiger partial charge in [-0.05, 0) is 30.2 Å². The summed E-state index contributed by atoms with van der Waals surface area (Å²) in [4.78, 5) is 17.5. The number of pyridine rings is 1. The summed E-state index contributed by atoms with van der Waals surface area (Å²) in [5, 5.41) is 0.538. The predicted molar refractivity (Wildman–Crippen MR) is 125 cm³/mol. The van der Waals surface area contributed by atoms with Crippen molar-refractivity contribution in [2.45, 2.75) is 19.8 Å². The molecule has 34 heavy (non-hydrogen) atoms. The van der Waals surface area contributed by atoms with Gasteiger partial charge in [0.05, 0.1) is 22.7 Å². The number of fused-ring (bicyclic) bond motifs is 1. The third kappa shape index (κ3) is 4.58. The lowest BCUT2D eigenvalue weighted by Crippen LogP contribution is -2.19. The molecule has 5 nitrogen and oxygen atoms in total. The van der Waals surface area contributed by atoms with Crippen LogP contribution in [0.2, 0.25) is 5.02 Å². The highest BCUT2D eigenvalue weighted by Gasteiger charge is 2.31. The molecule has 1 aliphatic carbocycles. The van der Waals surface area contributed by atoms with Crippen molar-refractivity contribution in [3.8, 4) is 11.1 Å². The molecule has 0 amide bonds. The minimum absolute atomic E-state index is 0.0518. The van der Waals surface area contributed by atoms with Crippen LogP contribution in [-0.4, -0.2) is 24.9 Å². The van der Waals surface area contributed by atoms with Crippen molar-refractivity contribution in [1.29, 1.82) is 0 Å². The number of carbonyl (C=O) groups excluding carboxylic acids is 1. The first kappa shape index (κ1) is 24.0. The van der Waals surface area contributed by atoms with Gasteiger partial charge in [0.1, 0.15) is 0 Å². The SMILES string of the molecule is CCCS(=O)(=O)Nc1cc(F)c(F)c(C(=O)C2=CCc3ncc(-c4ccc(Cl)cc4)cc32)c1F. The molecule has 0 unspecified atom stereocenters. The van der Waals surface area contributed by atoms with Gasteiger partial charge in [0, 0.05) is 40.4 Å². The smallest absolute Gasteiger partial charge is 0.232 e. The van der Waals surface area contributed by atoms with Gasteiger partial charge in [-0.25, -0.2) is 21.6 Å². The zero-order valence-electron chi connectivity index (χ0n) is 17.8. The van der Waals surface area contributed by atoms with Crippen LogP contribution in [0.25, 0.3) is 16.7 Å². The fourth-order valence-corrected chi connectivity index (χ4v) is 4.96. The molecule has 1 heterocycles. The number of carbonyl (C=O) groups is 1. The van der Waals surface area contributed by atoms with Crippen LogP contribution in [0, 0.1) is 17.5 Å². The van der Waals surface area contributed by atoms with E-state index in [1.54, 1.807) is 43.5 Å². The third-order valence-electron chi connectivity index (χ3n) is 5.30. The lowest BCUT2D eigenvalue weighted by molar-refractivity contribution is 0.104. The standard InChI is InChI=1S/C24H18ClF3N2O3S/c1-2-9-34(32,33)30-20-11-18(26)22(27)21(23(20)28)24(31)16-7-8-19-17(16)10-14(12-29-19)13-3-5-15(25)6-4-13/h3-7,10-12,30H,2,8-9H2,1H3. The number of allylic oxidation sites excluding steroid dienone is 2. The van der Waals surface area contributed by atoms with E-state index in [0.717, 1.165) is 5.56 Å². The number of aromatic nitrogens is 1. The molecule has 4 rings (SSSR count). The van der Waals surface area contributed by atoms with Gasteiger partial charge in [0.25, 0.3) is 0 Å². The molecular formula is C24H18ClF3N2O3S. The highest BCUT2D eigenvalue weighted by molar-refractivity contribution is 7.92. The van der Waals surface area contributed by atoms with Gasteiger partial charge < -0.3 is 0 Å². The summed E-state index contributed by atoms with van der Waals surface area (Å²) in [6.45, 7) is 1.59. The number of Topliss-reactive ketones (excluding diaryl/α,β-unsaturated/α-hetero) is 1. The van der Waals surface area contributed by atoms with Gasteiger partial charge in [-0.15, -0.1) is 0 Å². The van der Waals surface area contributed by atoms with Gasteiger partial charge >= 0.3 is 0 Å². The maximum Gasteiger partial charge on any atom is 0.232 e. The van der Waals surface area contributed by atoms with Gasteiger partial charge in [-0.1, -0.05) is 36.7 Å². The van der Waals surface area contributed by atoms with Gasteiger partial charge in [-0.3, -0.25) is 14.5 Å². The van der Waals surface area contributed by atoms with E-state index < -0.39 is 44.5 Å². The number of hydrogen-bond acceptors (Lipinski definition) is 4. The number of ketones is 1. The number of anilines is 1. The molecule has 0 saturated heterocycles. The fourth-order valence-electron chi connectivity index (χ4n) is 3.71. The van der Waals surface area contributed by atoms with Crippen molar-refractivity contribution in [2.75, 3.05) is 10.5 Å². The molecule has 0 aliphatic heterocycles. The Bertz CT molecular complexity index is 1440. The van der Waals surface area contributed by atoms with Crippen LogP contribution in [0.1, 0.15) is 35.0 Å². The Morgan fingerprint density at radius 1 is 1.09 bits per heavy atom. The van der Waals surface area contributed by atoms with E-state index in [9.17, 15) is 22.0 Å². The average molecular weight is 507 g/mol. The second kappa shape index (κ2) is 9.23. The summed E-state index contributed by atoms with van der Waals surface area (Å²) in [7, 11) is -4.01. The molecule has 1 aromatic heterocycles. The summed E-state index contributed by atoms with van der Waals surface area (Å²) < 4.78 is 70.0. The topological polar surface area (TPSA) is 76.1 Å². The minimum Gasteiger partial charge on any atom is -0.288 e. The van der Waals surface area contributed by atoms with Crippen molar-refractivity contribution >= 4 is 38.7 Å². The highest BCUT2D eigenvalue weighted by atomic mass is 35.5. The third-order valence-corrected chi connectivity index (χ3v) is 7.03. The second-order valence-corrected chi connectivity index (χ2v) is 9.98. The van der Waals surface area contributed by atoms with Crippen LogP contribution in [0.5, 0.6) is 0 Å². The van der Waals surface area contributed by atoms with Crippen LogP contribution in [0.4, 0.5) is 18.9 Å². The number of nitrogens with one attached hydrogen (secondary N) is 1. The first-order chi connectivity index (χ1) is 16.1. The van der Waals surface area contributed by atoms with Gasteiger partial charge in [0.2, 0.25) is 10.0 Å². The first-order valence-electron chi connectivity index (χ1n) is 10.3. The van der Waals surface area contributed by atoms with Crippen molar-refractivity contribution in [2.24, 2.45) is 0 Å². The van der Waals surface area contributed by atoms with E-state index in [1.165, 1.54) is 6.08 Å². The number of benzene rings is 2. The number of sulfonamides is 1. The van der Waals surface area contributed by atoms with Crippen LogP contribution >= 0.6 is 11.6 Å². The molecule has 0 bridgehead atoms. The second-order valence-electron chi connectivity index (χ2n) is 7.71. The highest BCUT2D eigenvalue weighted by Crippen LogP contribution is 2.35. The summed E-state index contributed by atoms with van der Waals surface area (Å²) >= 11 is 5.92. The largest absolute Gasteiger partial charge is 0.288 e. The van der Waals surface area contributed by atoms with Crippen molar-refractivity contribution in [1.82, 2.24) is 4.98 Å². The molecule has 3 aromatic rings. The molecule has 0 saturated carbocycles. The lowest BCUT2D eigenvalue weighted by atomic mass is 9.96. The Balaban J connectivity index is 1.75. The van der Waals surface area contributed by atoms with Crippen LogP contribution < -0.4 is 4.72 Å². The van der Waals surface area contributed by atoms with Crippen molar-refractivity contribution < 1.29 is 26.4 Å². The Hall–Kier alpha value is -3.17. The summed E-state index contributed by atoms with van der Waals surface area (Å²) in [5.41, 5.74) is 0.214. The quantitative estimate of drug-likeness (QED) is 0.325. The van der Waals surface area contributed by atoms with Crippen LogP contribution in [0.15, 0.2) is 48.7 Å². The Morgan fingerprint density at radius 3 is 2.47 bits per heavy atom. The number of rotatable bonds is 7. The number of hydrogen-bond donors (Lipinski definition) is 1. The predicted octanol–water partition coefficient (Wildman–Crippen LogP) is 5.79. The summed E-state index contributed by atoms with van der Waals surface area (Å²) in [6, 6.07) is 8.92. The average Bonchev–Trinajstić information content (AvgIpc) is 3.21. The molecule has 1 N–H and O–H groups in total. The normalized spacial score (nSPS) is 12.9. The molecule has 0 radical (unpaired) electrons. The van der Waals surface area contributed by atoms with E-state index >= 15 is 4.39 Å².